The summed E-state index contributed by atoms with van der Waals surface area (Å²) in [7, 11) is 1.61. The van der Waals surface area contributed by atoms with E-state index in [-0.39, 0.29) is 13.1 Å². The monoisotopic (exact) mass is 244 g/mol. The number of aliphatic hydroxyl groups is 1. The largest absolute Gasteiger partial charge is 0.390 e. The third kappa shape index (κ3) is 3.23. The Balaban J connectivity index is 3.08. The molecule has 1 atom stereocenters. The summed E-state index contributed by atoms with van der Waals surface area (Å²) >= 11 is 0. The normalized spacial score (nSPS) is 12.4. The van der Waals surface area contributed by atoms with E-state index in [4.69, 9.17) is 0 Å². The number of aliphatic hydroxyl groups excluding tert-OH is 1. The summed E-state index contributed by atoms with van der Waals surface area (Å²) in [6, 6.07) is 0. The van der Waals surface area contributed by atoms with Gasteiger partial charge in [0, 0.05) is 6.54 Å². The maximum absolute atomic E-state index is 11.3. The Labute approximate surface area is 94.9 Å². The standard InChI is InChI=1S/C8H12N4O5/c1-9-2-5(13)3-11-4-6(12(16)17)7(14)10-8(11)15/h4-5,9,13H,2-3H2,1H3,(H,10,14,15). The number of likely N-dealkylation sites (N-methyl/N-ethyl adjacent to an activating group) is 1. The van der Waals surface area contributed by atoms with E-state index in [1.807, 2.05) is 4.98 Å². The molecule has 0 spiro atoms. The summed E-state index contributed by atoms with van der Waals surface area (Å²) in [6.07, 6.45) is -0.0664. The van der Waals surface area contributed by atoms with Gasteiger partial charge in [0.25, 0.3) is 0 Å². The number of nitrogens with one attached hydrogen (secondary N) is 2. The molecule has 9 heteroatoms. The first-order chi connectivity index (χ1) is 7.95. The van der Waals surface area contributed by atoms with Gasteiger partial charge in [-0.05, 0) is 7.05 Å². The molecule has 0 saturated heterocycles. The predicted octanol–water partition coefficient (Wildman–Crippen LogP) is -1.97. The highest BCUT2D eigenvalue weighted by Gasteiger charge is 2.16. The molecule has 0 aliphatic heterocycles. The van der Waals surface area contributed by atoms with E-state index >= 15 is 0 Å². The van der Waals surface area contributed by atoms with E-state index in [2.05, 4.69) is 5.32 Å². The Hall–Kier alpha value is -2.00. The van der Waals surface area contributed by atoms with Gasteiger partial charge >= 0.3 is 16.9 Å². The molecule has 0 radical (unpaired) electrons. The van der Waals surface area contributed by atoms with Crippen molar-refractivity contribution in [3.05, 3.63) is 37.1 Å². The van der Waals surface area contributed by atoms with Crippen LogP contribution >= 0.6 is 0 Å². The molecule has 0 amide bonds. The molecule has 0 bridgehead atoms. The summed E-state index contributed by atoms with van der Waals surface area (Å²) in [5, 5.41) is 22.6. The molecule has 0 fully saturated rings. The topological polar surface area (TPSA) is 130 Å². The lowest BCUT2D eigenvalue weighted by Gasteiger charge is -2.10. The second kappa shape index (κ2) is 5.37. The van der Waals surface area contributed by atoms with Crippen LogP contribution in [0.15, 0.2) is 15.8 Å². The van der Waals surface area contributed by atoms with Gasteiger partial charge in [0.1, 0.15) is 0 Å². The van der Waals surface area contributed by atoms with Crippen LogP contribution in [0.4, 0.5) is 5.69 Å². The van der Waals surface area contributed by atoms with Gasteiger partial charge in [-0.1, -0.05) is 0 Å². The zero-order valence-electron chi connectivity index (χ0n) is 9.04. The van der Waals surface area contributed by atoms with Crippen LogP contribution in [0.3, 0.4) is 0 Å². The van der Waals surface area contributed by atoms with Crippen LogP contribution in [0.25, 0.3) is 0 Å². The molecule has 1 rings (SSSR count). The molecule has 94 valence electrons. The fourth-order valence-electron chi connectivity index (χ4n) is 1.29. The Morgan fingerprint density at radius 3 is 2.82 bits per heavy atom. The van der Waals surface area contributed by atoms with E-state index in [0.29, 0.717) is 0 Å². The summed E-state index contributed by atoms with van der Waals surface area (Å²) in [5.74, 6) is 0. The van der Waals surface area contributed by atoms with Crippen LogP contribution in [0.5, 0.6) is 0 Å². The molecule has 1 aromatic rings. The van der Waals surface area contributed by atoms with Gasteiger partial charge in [-0.3, -0.25) is 24.5 Å². The third-order valence-corrected chi connectivity index (χ3v) is 2.04. The van der Waals surface area contributed by atoms with Gasteiger partial charge in [-0.25, -0.2) is 4.79 Å². The lowest BCUT2D eigenvalue weighted by atomic mass is 10.3. The second-order valence-corrected chi connectivity index (χ2v) is 3.39. The van der Waals surface area contributed by atoms with Crippen LogP contribution in [0.1, 0.15) is 0 Å². The first-order valence-corrected chi connectivity index (χ1v) is 4.76. The fourth-order valence-corrected chi connectivity index (χ4v) is 1.29. The Kier molecular flexibility index (Phi) is 4.12. The van der Waals surface area contributed by atoms with Gasteiger partial charge in [0.05, 0.1) is 23.8 Å². The van der Waals surface area contributed by atoms with Gasteiger partial charge in [0.2, 0.25) is 0 Å². The molecule has 1 heterocycles. The van der Waals surface area contributed by atoms with Gasteiger partial charge in [-0.2, -0.15) is 0 Å². The zero-order chi connectivity index (χ0) is 13.0. The predicted molar refractivity (Wildman–Crippen MR) is 57.9 cm³/mol. The number of aromatic amines is 1. The van der Waals surface area contributed by atoms with Crippen molar-refractivity contribution in [3.63, 3.8) is 0 Å². The number of aromatic nitrogens is 2. The molecule has 0 aliphatic carbocycles. The smallest absolute Gasteiger partial charge is 0.350 e. The van der Waals surface area contributed by atoms with Crippen molar-refractivity contribution in [2.75, 3.05) is 13.6 Å². The Morgan fingerprint density at radius 2 is 2.29 bits per heavy atom. The number of nitro groups is 1. The van der Waals surface area contributed by atoms with Crippen molar-refractivity contribution >= 4 is 5.69 Å². The van der Waals surface area contributed by atoms with Gasteiger partial charge in [0.15, 0.2) is 0 Å². The highest BCUT2D eigenvalue weighted by atomic mass is 16.6. The van der Waals surface area contributed by atoms with Crippen molar-refractivity contribution in [2.45, 2.75) is 12.6 Å². The molecule has 0 aliphatic rings. The lowest BCUT2D eigenvalue weighted by molar-refractivity contribution is -0.386. The molecule has 1 aromatic heterocycles. The van der Waals surface area contributed by atoms with Crippen LogP contribution in [0.2, 0.25) is 0 Å². The molecular weight excluding hydrogens is 232 g/mol. The third-order valence-electron chi connectivity index (χ3n) is 2.04. The molecule has 0 aromatic carbocycles. The average molecular weight is 244 g/mol. The minimum atomic E-state index is -1.06. The molecule has 3 N–H and O–H groups in total. The number of nitrogens with zero attached hydrogens (tertiary/aromatic N) is 2. The number of rotatable bonds is 5. The van der Waals surface area contributed by atoms with E-state index in [0.717, 1.165) is 10.8 Å². The Morgan fingerprint density at radius 1 is 1.65 bits per heavy atom. The molecular formula is C8H12N4O5. The van der Waals surface area contributed by atoms with Crippen LogP contribution < -0.4 is 16.6 Å². The van der Waals surface area contributed by atoms with E-state index in [9.17, 15) is 24.8 Å². The summed E-state index contributed by atoms with van der Waals surface area (Å²) in [6.45, 7) is 0.0800. The maximum Gasteiger partial charge on any atom is 0.350 e. The first-order valence-electron chi connectivity index (χ1n) is 4.76. The van der Waals surface area contributed by atoms with Crippen LogP contribution in [-0.4, -0.2) is 39.3 Å². The minimum Gasteiger partial charge on any atom is -0.390 e. The van der Waals surface area contributed by atoms with E-state index in [1.54, 1.807) is 7.05 Å². The molecule has 9 nitrogen and oxygen atoms in total. The first kappa shape index (κ1) is 13.1. The highest BCUT2D eigenvalue weighted by molar-refractivity contribution is 5.20. The minimum absolute atomic E-state index is 0.142. The molecule has 1 unspecified atom stereocenters. The summed E-state index contributed by atoms with van der Waals surface area (Å²) in [5.41, 5.74) is -2.59. The zero-order valence-corrected chi connectivity index (χ0v) is 9.04. The molecule has 17 heavy (non-hydrogen) atoms. The van der Waals surface area contributed by atoms with Crippen molar-refractivity contribution in [2.24, 2.45) is 0 Å². The maximum atomic E-state index is 11.3. The van der Waals surface area contributed by atoms with Crippen molar-refractivity contribution in [1.82, 2.24) is 14.9 Å². The van der Waals surface area contributed by atoms with Crippen molar-refractivity contribution in [3.8, 4) is 0 Å². The summed E-state index contributed by atoms with van der Waals surface area (Å²) < 4.78 is 0.890. The highest BCUT2D eigenvalue weighted by Crippen LogP contribution is 1.99. The number of hydrogen-bond acceptors (Lipinski definition) is 6. The van der Waals surface area contributed by atoms with E-state index < -0.39 is 28.0 Å². The van der Waals surface area contributed by atoms with Crippen LogP contribution in [0, 0.1) is 10.1 Å². The van der Waals surface area contributed by atoms with Crippen molar-refractivity contribution in [1.29, 1.82) is 0 Å². The van der Waals surface area contributed by atoms with Gasteiger partial charge in [-0.15, -0.1) is 0 Å². The summed E-state index contributed by atoms with van der Waals surface area (Å²) in [4.78, 5) is 33.8. The van der Waals surface area contributed by atoms with E-state index in [1.165, 1.54) is 0 Å². The SMILES string of the molecule is CNCC(O)Cn1cc([N+](=O)[O-])c(=O)[nH]c1=O. The quantitative estimate of drug-likeness (QED) is 0.406. The number of hydrogen-bond donors (Lipinski definition) is 3. The lowest BCUT2D eigenvalue weighted by Crippen LogP contribution is -2.36. The fraction of sp³-hybridized carbons (Fsp3) is 0.500. The Bertz CT molecular complexity index is 519. The second-order valence-electron chi connectivity index (χ2n) is 3.39. The van der Waals surface area contributed by atoms with Crippen LogP contribution in [-0.2, 0) is 6.54 Å². The average Bonchev–Trinajstić information content (AvgIpc) is 2.21. The molecule has 0 saturated carbocycles. The number of H-pyrrole nitrogens is 1. The van der Waals surface area contributed by atoms with Crippen molar-refractivity contribution < 1.29 is 10.0 Å². The van der Waals surface area contributed by atoms with Gasteiger partial charge < -0.3 is 10.4 Å².